The van der Waals surface area contributed by atoms with E-state index in [1.165, 1.54) is 77.0 Å². The van der Waals surface area contributed by atoms with Gasteiger partial charge in [0.15, 0.2) is 12.1 Å². The summed E-state index contributed by atoms with van der Waals surface area (Å²) in [4.78, 5) is 13.3. The zero-order chi connectivity index (χ0) is 32.6. The predicted octanol–water partition coefficient (Wildman–Crippen LogP) is 5.11. The smallest absolute Gasteiger partial charge is 0.186 e. The number of ketones is 1. The van der Waals surface area contributed by atoms with Crippen LogP contribution in [0.2, 0.25) is 0 Å². The molecule has 1 rings (SSSR count). The number of carbonyl (C=O) groups excluding carboxylic acids is 1. The van der Waals surface area contributed by atoms with Gasteiger partial charge in [0, 0.05) is 0 Å². The first-order valence-electron chi connectivity index (χ1n) is 17.8. The van der Waals surface area contributed by atoms with E-state index in [1.54, 1.807) is 6.08 Å². The molecule has 0 aliphatic carbocycles. The molecule has 260 valence electrons. The zero-order valence-corrected chi connectivity index (χ0v) is 27.7. The highest BCUT2D eigenvalue weighted by Gasteiger charge is 2.44. The molecule has 0 saturated carbocycles. The molecule has 0 aromatic carbocycles. The standard InChI is InChI=1S/C35H66O9/c1-3-5-7-9-11-13-14-16-18-20-22-24-29(38)31(39)27(28(37)23-21-19-17-15-12-10-8-6-4-2)26-43-35-34(42)33(41)32(40)30(25-36)44-35/h21,23,27-30,32-38,40-42H,3-20,22,24-26H2,1-2H3/b23-21+/t27-,28+,29+,30+,32-,33-,34+,35+/m0/s1. The summed E-state index contributed by atoms with van der Waals surface area (Å²) in [5.41, 5.74) is 0. The van der Waals surface area contributed by atoms with Crippen LogP contribution in [0.25, 0.3) is 0 Å². The molecule has 6 N–H and O–H groups in total. The topological polar surface area (TPSA) is 157 Å². The van der Waals surface area contributed by atoms with Crippen molar-refractivity contribution in [2.75, 3.05) is 13.2 Å². The van der Waals surface area contributed by atoms with E-state index in [9.17, 15) is 35.4 Å². The lowest BCUT2D eigenvalue weighted by molar-refractivity contribution is -0.303. The number of rotatable bonds is 28. The molecule has 0 bridgehead atoms. The molecule has 0 unspecified atom stereocenters. The van der Waals surface area contributed by atoms with Crippen molar-refractivity contribution in [3.63, 3.8) is 0 Å². The first-order chi connectivity index (χ1) is 21.3. The van der Waals surface area contributed by atoms with E-state index >= 15 is 0 Å². The summed E-state index contributed by atoms with van der Waals surface area (Å²) in [6.07, 6.45) is 15.7. The SMILES string of the molecule is CCCCCCCCC/C=C/[C@@H](O)[C@H](CO[C@@H]1O[C@H](CO)[C@H](O)[C@H](O)[C@H]1O)C(=O)[C@H](O)CCCCCCCCCCCCC. The number of unbranched alkanes of at least 4 members (excludes halogenated alkanes) is 17. The number of allylic oxidation sites excluding steroid dienone is 1. The third kappa shape index (κ3) is 17.1. The van der Waals surface area contributed by atoms with Gasteiger partial charge in [0.05, 0.1) is 25.2 Å². The minimum Gasteiger partial charge on any atom is -0.394 e. The van der Waals surface area contributed by atoms with Gasteiger partial charge in [-0.05, 0) is 19.3 Å². The number of aliphatic hydroxyl groups is 6. The summed E-state index contributed by atoms with van der Waals surface area (Å²) in [5.74, 6) is -1.66. The quantitative estimate of drug-likeness (QED) is 0.0511. The summed E-state index contributed by atoms with van der Waals surface area (Å²) in [7, 11) is 0. The fourth-order valence-electron chi connectivity index (χ4n) is 5.73. The minimum atomic E-state index is -1.62. The normalized spacial score (nSPS) is 24.5. The van der Waals surface area contributed by atoms with Crippen LogP contribution in [-0.4, -0.2) is 92.5 Å². The number of hydrogen-bond donors (Lipinski definition) is 6. The molecule has 1 heterocycles. The van der Waals surface area contributed by atoms with Crippen LogP contribution in [-0.2, 0) is 14.3 Å². The Morgan fingerprint density at radius 3 is 1.75 bits per heavy atom. The molecular weight excluding hydrogens is 564 g/mol. The maximum Gasteiger partial charge on any atom is 0.186 e. The van der Waals surface area contributed by atoms with E-state index in [2.05, 4.69) is 13.8 Å². The maximum atomic E-state index is 13.3. The summed E-state index contributed by atoms with van der Waals surface area (Å²) in [6, 6.07) is 0. The van der Waals surface area contributed by atoms with E-state index in [4.69, 9.17) is 9.47 Å². The number of hydrogen-bond acceptors (Lipinski definition) is 9. The summed E-state index contributed by atoms with van der Waals surface area (Å²) in [6.45, 7) is 3.44. The molecule has 0 aromatic heterocycles. The van der Waals surface area contributed by atoms with Gasteiger partial charge in [-0.3, -0.25) is 4.79 Å². The second-order valence-corrected chi connectivity index (χ2v) is 12.7. The van der Waals surface area contributed by atoms with Crippen LogP contribution >= 0.6 is 0 Å². The molecule has 8 atom stereocenters. The molecule has 1 saturated heterocycles. The largest absolute Gasteiger partial charge is 0.394 e. The Bertz CT molecular complexity index is 716. The number of aliphatic hydroxyl groups excluding tert-OH is 6. The maximum absolute atomic E-state index is 13.3. The second-order valence-electron chi connectivity index (χ2n) is 12.7. The van der Waals surface area contributed by atoms with Crippen LogP contribution in [0.5, 0.6) is 0 Å². The summed E-state index contributed by atoms with van der Waals surface area (Å²) >= 11 is 0. The van der Waals surface area contributed by atoms with E-state index < -0.39 is 61.2 Å². The van der Waals surface area contributed by atoms with Gasteiger partial charge in [-0.15, -0.1) is 0 Å². The molecule has 1 aliphatic rings. The number of carbonyl (C=O) groups is 1. The molecule has 0 aromatic rings. The van der Waals surface area contributed by atoms with Crippen LogP contribution in [0.4, 0.5) is 0 Å². The van der Waals surface area contributed by atoms with Crippen LogP contribution < -0.4 is 0 Å². The van der Waals surface area contributed by atoms with Crippen molar-refractivity contribution in [1.29, 1.82) is 0 Å². The van der Waals surface area contributed by atoms with Gasteiger partial charge in [-0.25, -0.2) is 0 Å². The van der Waals surface area contributed by atoms with Gasteiger partial charge < -0.3 is 40.1 Å². The molecule has 0 amide bonds. The second kappa shape index (κ2) is 26.2. The highest BCUT2D eigenvalue weighted by Crippen LogP contribution is 2.24. The highest BCUT2D eigenvalue weighted by molar-refractivity contribution is 5.86. The van der Waals surface area contributed by atoms with Crippen molar-refractivity contribution < 1.29 is 44.9 Å². The summed E-state index contributed by atoms with van der Waals surface area (Å²) < 4.78 is 11.0. The van der Waals surface area contributed by atoms with Gasteiger partial charge in [-0.1, -0.05) is 135 Å². The Labute approximate surface area is 267 Å². The lowest BCUT2D eigenvalue weighted by Crippen LogP contribution is -2.59. The van der Waals surface area contributed by atoms with Gasteiger partial charge >= 0.3 is 0 Å². The van der Waals surface area contributed by atoms with Crippen molar-refractivity contribution in [2.24, 2.45) is 5.92 Å². The molecule has 9 heteroatoms. The fraction of sp³-hybridized carbons (Fsp3) is 0.914. The van der Waals surface area contributed by atoms with Crippen molar-refractivity contribution in [2.45, 2.75) is 185 Å². The van der Waals surface area contributed by atoms with Crippen LogP contribution in [0, 0.1) is 5.92 Å². The molecule has 9 nitrogen and oxygen atoms in total. The van der Waals surface area contributed by atoms with E-state index in [-0.39, 0.29) is 6.61 Å². The molecule has 0 radical (unpaired) electrons. The van der Waals surface area contributed by atoms with Gasteiger partial charge in [0.1, 0.15) is 30.5 Å². The van der Waals surface area contributed by atoms with E-state index in [1.807, 2.05) is 6.08 Å². The summed E-state index contributed by atoms with van der Waals surface area (Å²) in [5, 5.41) is 61.6. The van der Waals surface area contributed by atoms with Crippen LogP contribution in [0.1, 0.15) is 142 Å². The number of Topliss-reactive ketones (excluding diaryl/α,β-unsaturated/α-hetero) is 1. The van der Waals surface area contributed by atoms with Crippen LogP contribution in [0.15, 0.2) is 12.2 Å². The van der Waals surface area contributed by atoms with E-state index in [0.29, 0.717) is 12.8 Å². The monoisotopic (exact) mass is 630 g/mol. The van der Waals surface area contributed by atoms with Gasteiger partial charge in [0.2, 0.25) is 0 Å². The molecule has 44 heavy (non-hydrogen) atoms. The third-order valence-electron chi connectivity index (χ3n) is 8.78. The Kier molecular flexibility index (Phi) is 24.5. The average Bonchev–Trinajstić information content (AvgIpc) is 3.02. The van der Waals surface area contributed by atoms with Crippen molar-refractivity contribution >= 4 is 5.78 Å². The van der Waals surface area contributed by atoms with Crippen molar-refractivity contribution in [3.05, 3.63) is 12.2 Å². The number of ether oxygens (including phenoxy) is 2. The Morgan fingerprint density at radius 2 is 1.23 bits per heavy atom. The fourth-order valence-corrected chi connectivity index (χ4v) is 5.73. The minimum absolute atomic E-state index is 0.293. The molecule has 0 spiro atoms. The molecular formula is C35H66O9. The zero-order valence-electron chi connectivity index (χ0n) is 27.7. The first-order valence-corrected chi connectivity index (χ1v) is 17.8. The van der Waals surface area contributed by atoms with Crippen LogP contribution in [0.3, 0.4) is 0 Å². The first kappa shape index (κ1) is 41.1. The Morgan fingerprint density at radius 1 is 0.727 bits per heavy atom. The molecule has 1 fully saturated rings. The highest BCUT2D eigenvalue weighted by atomic mass is 16.7. The van der Waals surface area contributed by atoms with E-state index in [0.717, 1.165) is 38.5 Å². The predicted molar refractivity (Wildman–Crippen MR) is 173 cm³/mol. The lowest BCUT2D eigenvalue weighted by atomic mass is 9.91. The van der Waals surface area contributed by atoms with Crippen molar-refractivity contribution in [1.82, 2.24) is 0 Å². The average molecular weight is 631 g/mol. The van der Waals surface area contributed by atoms with Gasteiger partial charge in [0.25, 0.3) is 0 Å². The van der Waals surface area contributed by atoms with Gasteiger partial charge in [-0.2, -0.15) is 0 Å². The Balaban J connectivity index is 2.61. The Hall–Kier alpha value is -0.910. The molecule has 1 aliphatic heterocycles. The third-order valence-corrected chi connectivity index (χ3v) is 8.78. The lowest BCUT2D eigenvalue weighted by Gasteiger charge is -2.40. The van der Waals surface area contributed by atoms with Crippen molar-refractivity contribution in [3.8, 4) is 0 Å².